The van der Waals surface area contributed by atoms with Crippen LogP contribution < -0.4 is 5.32 Å². The van der Waals surface area contributed by atoms with Crippen molar-refractivity contribution in [3.63, 3.8) is 0 Å². The minimum Gasteiger partial charge on any atom is -0.349 e. The third-order valence-electron chi connectivity index (χ3n) is 9.72. The summed E-state index contributed by atoms with van der Waals surface area (Å²) in [6, 6.07) is 29.8. The Morgan fingerprint density at radius 1 is 0.786 bits per heavy atom. The zero-order valence-electron chi connectivity index (χ0n) is 25.0. The van der Waals surface area contributed by atoms with E-state index in [2.05, 4.69) is 76.6 Å². The Bertz CT molecular complexity index is 1310. The van der Waals surface area contributed by atoms with E-state index in [0.717, 1.165) is 82.1 Å². The second kappa shape index (κ2) is 13.2. The summed E-state index contributed by atoms with van der Waals surface area (Å²) in [6.45, 7) is 5.11. The maximum atomic E-state index is 13.9. The van der Waals surface area contributed by atoms with Gasteiger partial charge in [-0.1, -0.05) is 85.6 Å². The SMILES string of the molecule is C[C@H](NC(=O)C1CCCC[C@@H]1c1ccc(C(=O)N(C2CC2)C2CCN(Cc3ccccc3)CC2)cc1)c1ccccc1. The van der Waals surface area contributed by atoms with Crippen molar-refractivity contribution in [3.8, 4) is 0 Å². The van der Waals surface area contributed by atoms with Gasteiger partial charge in [-0.2, -0.15) is 0 Å². The molecule has 6 rings (SSSR count). The number of nitrogens with zero attached hydrogens (tertiary/aromatic N) is 2. The Hall–Kier alpha value is -3.44. The van der Waals surface area contributed by atoms with Crippen molar-refractivity contribution in [2.75, 3.05) is 13.1 Å². The van der Waals surface area contributed by atoms with Crippen LogP contribution >= 0.6 is 0 Å². The van der Waals surface area contributed by atoms with Gasteiger partial charge in [0, 0.05) is 43.2 Å². The Labute approximate surface area is 251 Å². The summed E-state index contributed by atoms with van der Waals surface area (Å²) in [5.74, 6) is 0.491. The van der Waals surface area contributed by atoms with E-state index >= 15 is 0 Å². The lowest BCUT2D eigenvalue weighted by molar-refractivity contribution is -0.127. The summed E-state index contributed by atoms with van der Waals surface area (Å²) in [6.07, 6.45) is 8.47. The van der Waals surface area contributed by atoms with Gasteiger partial charge in [-0.3, -0.25) is 14.5 Å². The fraction of sp³-hybridized carbons (Fsp3) is 0.459. The number of benzene rings is 3. The molecule has 1 unspecified atom stereocenters. The first-order chi connectivity index (χ1) is 20.6. The van der Waals surface area contributed by atoms with Crippen LogP contribution in [0, 0.1) is 5.92 Å². The number of piperidine rings is 1. The van der Waals surface area contributed by atoms with Crippen LogP contribution in [0.5, 0.6) is 0 Å². The lowest BCUT2D eigenvalue weighted by Crippen LogP contribution is -2.48. The van der Waals surface area contributed by atoms with E-state index in [-0.39, 0.29) is 29.7 Å². The molecule has 42 heavy (non-hydrogen) atoms. The number of rotatable bonds is 9. The highest BCUT2D eigenvalue weighted by Gasteiger charge is 2.39. The fourth-order valence-corrected chi connectivity index (χ4v) is 7.19. The molecule has 3 aromatic rings. The first kappa shape index (κ1) is 28.7. The van der Waals surface area contributed by atoms with Crippen LogP contribution in [0.1, 0.15) is 97.3 Å². The van der Waals surface area contributed by atoms with Crippen molar-refractivity contribution in [1.82, 2.24) is 15.1 Å². The van der Waals surface area contributed by atoms with Gasteiger partial charge in [-0.15, -0.1) is 0 Å². The maximum Gasteiger partial charge on any atom is 0.254 e. The van der Waals surface area contributed by atoms with E-state index in [0.29, 0.717) is 12.1 Å². The molecule has 2 saturated carbocycles. The predicted molar refractivity (Wildman–Crippen MR) is 168 cm³/mol. The number of amides is 2. The van der Waals surface area contributed by atoms with Gasteiger partial charge in [0.05, 0.1) is 6.04 Å². The number of likely N-dealkylation sites (tertiary alicyclic amines) is 1. The maximum absolute atomic E-state index is 13.9. The van der Waals surface area contributed by atoms with Crippen LogP contribution in [-0.4, -0.2) is 46.8 Å². The summed E-state index contributed by atoms with van der Waals surface area (Å²) in [7, 11) is 0. The monoisotopic (exact) mass is 563 g/mol. The molecular weight excluding hydrogens is 518 g/mol. The molecule has 3 fully saturated rings. The molecule has 1 aliphatic heterocycles. The summed E-state index contributed by atoms with van der Waals surface area (Å²) < 4.78 is 0. The molecule has 0 aromatic heterocycles. The van der Waals surface area contributed by atoms with Crippen LogP contribution in [0.25, 0.3) is 0 Å². The first-order valence-corrected chi connectivity index (χ1v) is 16.1. The largest absolute Gasteiger partial charge is 0.349 e. The van der Waals surface area contributed by atoms with E-state index in [1.54, 1.807) is 0 Å². The lowest BCUT2D eigenvalue weighted by Gasteiger charge is -2.39. The average molecular weight is 564 g/mol. The zero-order chi connectivity index (χ0) is 28.9. The van der Waals surface area contributed by atoms with E-state index in [1.165, 1.54) is 11.1 Å². The highest BCUT2D eigenvalue weighted by Crippen LogP contribution is 2.39. The lowest BCUT2D eigenvalue weighted by atomic mass is 9.74. The van der Waals surface area contributed by atoms with Crippen molar-refractivity contribution in [1.29, 1.82) is 0 Å². The number of hydrogen-bond acceptors (Lipinski definition) is 3. The van der Waals surface area contributed by atoms with Gasteiger partial charge in [-0.25, -0.2) is 0 Å². The molecule has 0 spiro atoms. The summed E-state index contributed by atoms with van der Waals surface area (Å²) in [5.41, 5.74) is 4.45. The van der Waals surface area contributed by atoms with Crippen LogP contribution in [0.4, 0.5) is 0 Å². The topological polar surface area (TPSA) is 52.7 Å². The Morgan fingerprint density at radius 2 is 1.40 bits per heavy atom. The van der Waals surface area contributed by atoms with Gasteiger partial charge in [-0.05, 0) is 80.2 Å². The van der Waals surface area contributed by atoms with Gasteiger partial charge in [0.1, 0.15) is 0 Å². The summed E-state index contributed by atoms with van der Waals surface area (Å²) in [5, 5.41) is 3.28. The Balaban J connectivity index is 1.09. The Morgan fingerprint density at radius 3 is 2.07 bits per heavy atom. The van der Waals surface area contributed by atoms with Crippen molar-refractivity contribution in [2.24, 2.45) is 5.92 Å². The van der Waals surface area contributed by atoms with Gasteiger partial charge in [0.2, 0.25) is 5.91 Å². The highest BCUT2D eigenvalue weighted by molar-refractivity contribution is 5.95. The third kappa shape index (κ3) is 6.78. The molecule has 3 atom stereocenters. The smallest absolute Gasteiger partial charge is 0.254 e. The van der Waals surface area contributed by atoms with Crippen LogP contribution in [0.3, 0.4) is 0 Å². The molecular formula is C37H45N3O2. The number of carbonyl (C=O) groups excluding carboxylic acids is 2. The van der Waals surface area contributed by atoms with E-state index < -0.39 is 0 Å². The van der Waals surface area contributed by atoms with Crippen LogP contribution in [-0.2, 0) is 11.3 Å². The normalized spacial score (nSPS) is 22.3. The van der Waals surface area contributed by atoms with E-state index in [1.807, 2.05) is 30.3 Å². The second-order valence-corrected chi connectivity index (χ2v) is 12.7. The van der Waals surface area contributed by atoms with Crippen molar-refractivity contribution in [3.05, 3.63) is 107 Å². The number of carbonyl (C=O) groups is 2. The van der Waals surface area contributed by atoms with Gasteiger partial charge in [0.15, 0.2) is 0 Å². The van der Waals surface area contributed by atoms with Crippen molar-refractivity contribution < 1.29 is 9.59 Å². The van der Waals surface area contributed by atoms with Gasteiger partial charge < -0.3 is 10.2 Å². The second-order valence-electron chi connectivity index (χ2n) is 12.7. The molecule has 3 aromatic carbocycles. The molecule has 1 heterocycles. The number of hydrogen-bond donors (Lipinski definition) is 1. The number of nitrogens with one attached hydrogen (secondary N) is 1. The average Bonchev–Trinajstić information content (AvgIpc) is 3.88. The van der Waals surface area contributed by atoms with E-state index in [4.69, 9.17) is 0 Å². The van der Waals surface area contributed by atoms with Gasteiger partial charge >= 0.3 is 0 Å². The summed E-state index contributed by atoms with van der Waals surface area (Å²) in [4.78, 5) is 32.0. The molecule has 3 aliphatic rings. The first-order valence-electron chi connectivity index (χ1n) is 16.1. The highest BCUT2D eigenvalue weighted by atomic mass is 16.2. The van der Waals surface area contributed by atoms with Crippen molar-refractivity contribution in [2.45, 2.75) is 88.9 Å². The molecule has 5 nitrogen and oxygen atoms in total. The van der Waals surface area contributed by atoms with Crippen LogP contribution in [0.2, 0.25) is 0 Å². The molecule has 1 N–H and O–H groups in total. The zero-order valence-corrected chi connectivity index (χ0v) is 25.0. The van der Waals surface area contributed by atoms with Crippen molar-refractivity contribution >= 4 is 11.8 Å². The minimum absolute atomic E-state index is 0.0140. The molecule has 0 radical (unpaired) electrons. The van der Waals surface area contributed by atoms with Crippen LogP contribution in [0.15, 0.2) is 84.9 Å². The minimum atomic E-state index is -0.0319. The van der Waals surface area contributed by atoms with E-state index in [9.17, 15) is 9.59 Å². The molecule has 2 aliphatic carbocycles. The Kier molecular flexibility index (Phi) is 9.04. The summed E-state index contributed by atoms with van der Waals surface area (Å²) >= 11 is 0. The molecule has 2 amide bonds. The molecule has 220 valence electrons. The molecule has 0 bridgehead atoms. The fourth-order valence-electron chi connectivity index (χ4n) is 7.19. The quantitative estimate of drug-likeness (QED) is 0.302. The van der Waals surface area contributed by atoms with Gasteiger partial charge in [0.25, 0.3) is 5.91 Å². The predicted octanol–water partition coefficient (Wildman–Crippen LogP) is 7.11. The standard InChI is InChI=1S/C37H45N3O2/c1-27(29-12-6-3-7-13-29)38-36(41)35-15-9-8-14-34(35)30-16-18-31(19-17-30)37(42)40(32-20-21-32)33-22-24-39(25-23-33)26-28-10-4-2-5-11-28/h2-7,10-13,16-19,27,32-35H,8-9,14-15,20-26H2,1H3,(H,38,41)/t27-,34+,35?/m0/s1. The molecule has 5 heteroatoms. The molecule has 1 saturated heterocycles. The third-order valence-corrected chi connectivity index (χ3v) is 9.72.